The molecule has 4 nitrogen and oxygen atoms in total. The first-order valence-corrected chi connectivity index (χ1v) is 6.93. The quantitative estimate of drug-likeness (QED) is 0.774. The number of rotatable bonds is 5. The van der Waals surface area contributed by atoms with Gasteiger partial charge >= 0.3 is 5.97 Å². The topological polar surface area (TPSA) is 66.4 Å². The third kappa shape index (κ3) is 4.15. The number of hydrogen-bond donors (Lipinski definition) is 2. The number of hydrogen-bond acceptors (Lipinski definition) is 2. The van der Waals surface area contributed by atoms with Gasteiger partial charge in [-0.1, -0.05) is 20.3 Å². The molecule has 1 aromatic carbocycles. The normalized spacial score (nSPS) is 13.7. The summed E-state index contributed by atoms with van der Waals surface area (Å²) >= 11 is 1.91. The first-order valence-electron chi connectivity index (χ1n) is 5.85. The van der Waals surface area contributed by atoms with Crippen molar-refractivity contribution in [1.29, 1.82) is 0 Å². The van der Waals surface area contributed by atoms with Gasteiger partial charge in [-0.15, -0.1) is 0 Å². The fourth-order valence-corrected chi connectivity index (χ4v) is 2.15. The Balaban J connectivity index is 2.94. The molecule has 0 saturated heterocycles. The van der Waals surface area contributed by atoms with Crippen LogP contribution in [-0.4, -0.2) is 23.0 Å². The van der Waals surface area contributed by atoms with Crippen LogP contribution in [0, 0.1) is 15.3 Å². The summed E-state index contributed by atoms with van der Waals surface area (Å²) in [5.41, 5.74) is 0.148. The summed E-state index contributed by atoms with van der Waals surface area (Å²) in [5.74, 6) is -2.39. The standard InChI is InChI=1S/C13H15FINO3/c1-3-7(2)11(13(18)19)16-12(17)9-6-8(14)4-5-10(9)15/h4-7,11H,3H2,1-2H3,(H,16,17)(H,18,19)/t7-,11-/m0/s1. The minimum Gasteiger partial charge on any atom is -0.480 e. The lowest BCUT2D eigenvalue weighted by Crippen LogP contribution is -2.45. The molecule has 0 fully saturated rings. The van der Waals surface area contributed by atoms with Crippen molar-refractivity contribution in [3.8, 4) is 0 Å². The van der Waals surface area contributed by atoms with E-state index in [4.69, 9.17) is 5.11 Å². The first-order chi connectivity index (χ1) is 8.86. The van der Waals surface area contributed by atoms with Crippen molar-refractivity contribution in [2.75, 3.05) is 0 Å². The Morgan fingerprint density at radius 3 is 2.63 bits per heavy atom. The average Bonchev–Trinajstić information content (AvgIpc) is 2.37. The Kier molecular flexibility index (Phi) is 5.71. The van der Waals surface area contributed by atoms with Gasteiger partial charge in [0.25, 0.3) is 5.91 Å². The van der Waals surface area contributed by atoms with Crippen LogP contribution in [0.1, 0.15) is 30.6 Å². The van der Waals surface area contributed by atoms with E-state index in [9.17, 15) is 14.0 Å². The second kappa shape index (κ2) is 6.83. The number of benzene rings is 1. The first kappa shape index (κ1) is 15.9. The lowest BCUT2D eigenvalue weighted by atomic mass is 9.99. The van der Waals surface area contributed by atoms with E-state index in [-0.39, 0.29) is 11.5 Å². The average molecular weight is 379 g/mol. The van der Waals surface area contributed by atoms with Gasteiger partial charge in [0.05, 0.1) is 5.56 Å². The summed E-state index contributed by atoms with van der Waals surface area (Å²) in [6, 6.07) is 2.86. The molecule has 1 aromatic rings. The second-order valence-electron chi connectivity index (χ2n) is 4.30. The van der Waals surface area contributed by atoms with E-state index in [2.05, 4.69) is 5.32 Å². The van der Waals surface area contributed by atoms with Crippen LogP contribution in [-0.2, 0) is 4.79 Å². The highest BCUT2D eigenvalue weighted by Gasteiger charge is 2.26. The summed E-state index contributed by atoms with van der Waals surface area (Å²) in [6.45, 7) is 3.59. The van der Waals surface area contributed by atoms with Gasteiger partial charge in [0, 0.05) is 3.57 Å². The van der Waals surface area contributed by atoms with Crippen molar-refractivity contribution in [3.05, 3.63) is 33.1 Å². The van der Waals surface area contributed by atoms with Crippen molar-refractivity contribution in [2.24, 2.45) is 5.92 Å². The smallest absolute Gasteiger partial charge is 0.326 e. The van der Waals surface area contributed by atoms with Crippen LogP contribution in [0.4, 0.5) is 4.39 Å². The van der Waals surface area contributed by atoms with Crippen LogP contribution in [0.5, 0.6) is 0 Å². The summed E-state index contributed by atoms with van der Waals surface area (Å²) in [4.78, 5) is 23.1. The number of carbonyl (C=O) groups is 2. The van der Waals surface area contributed by atoms with Gasteiger partial charge in [-0.25, -0.2) is 9.18 Å². The zero-order valence-corrected chi connectivity index (χ0v) is 12.8. The number of carbonyl (C=O) groups excluding carboxylic acids is 1. The molecule has 6 heteroatoms. The molecule has 0 unspecified atom stereocenters. The minimum absolute atomic E-state index is 0.148. The maximum Gasteiger partial charge on any atom is 0.326 e. The molecule has 2 atom stereocenters. The van der Waals surface area contributed by atoms with E-state index < -0.39 is 23.7 Å². The van der Waals surface area contributed by atoms with Gasteiger partial charge in [0.2, 0.25) is 0 Å². The maximum atomic E-state index is 13.1. The molecule has 0 heterocycles. The molecular formula is C13H15FINO3. The predicted octanol–water partition coefficient (Wildman–Crippen LogP) is 2.66. The molecular weight excluding hydrogens is 364 g/mol. The molecule has 19 heavy (non-hydrogen) atoms. The van der Waals surface area contributed by atoms with Gasteiger partial charge in [-0.2, -0.15) is 0 Å². The lowest BCUT2D eigenvalue weighted by Gasteiger charge is -2.20. The van der Waals surface area contributed by atoms with Gasteiger partial charge in [-0.05, 0) is 46.7 Å². The third-order valence-electron chi connectivity index (χ3n) is 2.94. The van der Waals surface area contributed by atoms with Crippen LogP contribution in [0.3, 0.4) is 0 Å². The number of halogens is 2. The van der Waals surface area contributed by atoms with Crippen molar-refractivity contribution in [3.63, 3.8) is 0 Å². The molecule has 0 aliphatic rings. The second-order valence-corrected chi connectivity index (χ2v) is 5.46. The monoisotopic (exact) mass is 379 g/mol. The van der Waals surface area contributed by atoms with Gasteiger partial charge in [0.1, 0.15) is 11.9 Å². The van der Waals surface area contributed by atoms with E-state index in [0.29, 0.717) is 9.99 Å². The predicted molar refractivity (Wildman–Crippen MR) is 77.5 cm³/mol. The molecule has 0 aliphatic carbocycles. The summed E-state index contributed by atoms with van der Waals surface area (Å²) in [6.07, 6.45) is 0.623. The Labute approximate surface area is 124 Å². The molecule has 1 amide bonds. The van der Waals surface area contributed by atoms with Crippen LogP contribution in [0.25, 0.3) is 0 Å². The summed E-state index contributed by atoms with van der Waals surface area (Å²) in [5, 5.41) is 11.5. The number of amides is 1. The van der Waals surface area contributed by atoms with E-state index in [1.165, 1.54) is 12.1 Å². The fourth-order valence-electron chi connectivity index (χ4n) is 1.57. The van der Waals surface area contributed by atoms with Crippen molar-refractivity contribution < 1.29 is 19.1 Å². The zero-order valence-electron chi connectivity index (χ0n) is 10.6. The Bertz CT molecular complexity index is 493. The highest BCUT2D eigenvalue weighted by atomic mass is 127. The molecule has 0 radical (unpaired) electrons. The van der Waals surface area contributed by atoms with Crippen LogP contribution in [0.2, 0.25) is 0 Å². The van der Waals surface area contributed by atoms with Crippen molar-refractivity contribution in [2.45, 2.75) is 26.3 Å². The summed E-state index contributed by atoms with van der Waals surface area (Å²) < 4.78 is 13.7. The molecule has 0 aliphatic heterocycles. The molecule has 2 N–H and O–H groups in total. The molecule has 0 bridgehead atoms. The molecule has 104 valence electrons. The Morgan fingerprint density at radius 2 is 2.11 bits per heavy atom. The molecule has 0 aromatic heterocycles. The third-order valence-corrected chi connectivity index (χ3v) is 3.88. The minimum atomic E-state index is -1.09. The highest BCUT2D eigenvalue weighted by Crippen LogP contribution is 2.15. The lowest BCUT2D eigenvalue weighted by molar-refractivity contribution is -0.140. The van der Waals surface area contributed by atoms with E-state index >= 15 is 0 Å². The number of carboxylic acid groups (broad SMARTS) is 1. The Hall–Kier alpha value is -1.18. The highest BCUT2D eigenvalue weighted by molar-refractivity contribution is 14.1. The van der Waals surface area contributed by atoms with Gasteiger partial charge in [0.15, 0.2) is 0 Å². The number of aliphatic carboxylic acids is 1. The van der Waals surface area contributed by atoms with Crippen LogP contribution >= 0.6 is 22.6 Å². The van der Waals surface area contributed by atoms with Gasteiger partial charge in [-0.3, -0.25) is 4.79 Å². The molecule has 0 spiro atoms. The zero-order chi connectivity index (χ0) is 14.6. The van der Waals surface area contributed by atoms with Gasteiger partial charge < -0.3 is 10.4 Å². The van der Waals surface area contributed by atoms with E-state index in [1.54, 1.807) is 6.92 Å². The van der Waals surface area contributed by atoms with E-state index in [1.807, 2.05) is 29.5 Å². The van der Waals surface area contributed by atoms with E-state index in [0.717, 1.165) is 6.07 Å². The number of nitrogens with one attached hydrogen (secondary N) is 1. The maximum absolute atomic E-state index is 13.1. The largest absolute Gasteiger partial charge is 0.480 e. The van der Waals surface area contributed by atoms with Crippen molar-refractivity contribution in [1.82, 2.24) is 5.32 Å². The van der Waals surface area contributed by atoms with Crippen LogP contribution < -0.4 is 5.32 Å². The SMILES string of the molecule is CC[C@H](C)[C@H](NC(=O)c1cc(F)ccc1I)C(=O)O. The Morgan fingerprint density at radius 1 is 1.47 bits per heavy atom. The summed E-state index contributed by atoms with van der Waals surface area (Å²) in [7, 11) is 0. The van der Waals surface area contributed by atoms with Crippen molar-refractivity contribution >= 4 is 34.5 Å². The van der Waals surface area contributed by atoms with Crippen LogP contribution in [0.15, 0.2) is 18.2 Å². The molecule has 1 rings (SSSR count). The molecule has 0 saturated carbocycles. The number of carboxylic acids is 1. The fraction of sp³-hybridized carbons (Fsp3) is 0.385.